The molecule has 26 atom stereocenters. The number of aliphatic hydroxyl groups excluding tert-OH is 11. The molecule has 12 N–H and O–H groups in total. The number of ether oxygens (including phenoxy) is 7. The Kier molecular flexibility index (Phi) is 12.9. The second-order valence-corrected chi connectivity index (χ2v) is 23.9. The first-order valence-corrected chi connectivity index (χ1v) is 24.4. The third kappa shape index (κ3) is 7.30. The summed E-state index contributed by atoms with van der Waals surface area (Å²) in [4.78, 5) is 0. The highest BCUT2D eigenvalue weighted by Crippen LogP contribution is 2.89. The second-order valence-electron chi connectivity index (χ2n) is 23.9. The summed E-state index contributed by atoms with van der Waals surface area (Å²) in [5, 5.41) is 130. The molecule has 9 fully saturated rings. The third-order valence-electron chi connectivity index (χ3n) is 19.7. The van der Waals surface area contributed by atoms with Crippen LogP contribution in [0, 0.1) is 44.8 Å². The van der Waals surface area contributed by atoms with E-state index in [1.807, 2.05) is 0 Å². The topological polar surface area (TPSA) is 307 Å². The van der Waals surface area contributed by atoms with Gasteiger partial charge in [0.2, 0.25) is 0 Å². The molecule has 5 aliphatic carbocycles. The summed E-state index contributed by atoms with van der Waals surface area (Å²) in [5.41, 5.74) is -3.78. The first kappa shape index (κ1) is 50.2. The summed E-state index contributed by atoms with van der Waals surface area (Å²) < 4.78 is 44.3. The average Bonchev–Trinajstić information content (AvgIpc) is 3.62. The van der Waals surface area contributed by atoms with E-state index in [9.17, 15) is 61.3 Å². The van der Waals surface area contributed by atoms with Gasteiger partial charge in [-0.05, 0) is 117 Å². The lowest BCUT2D eigenvalue weighted by Crippen LogP contribution is -2.66. The van der Waals surface area contributed by atoms with Gasteiger partial charge >= 0.3 is 0 Å². The Bertz CT molecular complexity index is 1760. The number of hydrogen-bond donors (Lipinski definition) is 12. The van der Waals surface area contributed by atoms with Crippen LogP contribution >= 0.6 is 0 Å². The van der Waals surface area contributed by atoms with Crippen LogP contribution in [0.5, 0.6) is 0 Å². The Hall–Kier alpha value is -0.760. The maximum Gasteiger partial charge on any atom is 0.187 e. The van der Waals surface area contributed by atoms with Crippen LogP contribution < -0.4 is 0 Å². The molecular weight excluding hydrogens is 868 g/mol. The van der Waals surface area contributed by atoms with Crippen molar-refractivity contribution >= 4 is 0 Å². The summed E-state index contributed by atoms with van der Waals surface area (Å²) >= 11 is 0. The number of aliphatic hydroxyl groups is 12. The number of hydrogen-bond acceptors (Lipinski definition) is 19. The van der Waals surface area contributed by atoms with E-state index < -0.39 is 140 Å². The van der Waals surface area contributed by atoms with E-state index in [0.29, 0.717) is 38.5 Å². The fourth-order valence-electron chi connectivity index (χ4n) is 16.3. The molecule has 0 aromatic rings. The normalized spacial score (nSPS) is 58.0. The lowest BCUT2D eigenvalue weighted by molar-refractivity contribution is -0.369. The van der Waals surface area contributed by atoms with Crippen LogP contribution in [0.3, 0.4) is 0 Å². The monoisotopic (exact) mass is 947 g/mol. The van der Waals surface area contributed by atoms with Crippen LogP contribution in [0.25, 0.3) is 0 Å². The van der Waals surface area contributed by atoms with Gasteiger partial charge in [0.05, 0.1) is 55.4 Å². The molecule has 0 aromatic carbocycles. The van der Waals surface area contributed by atoms with Gasteiger partial charge in [0.15, 0.2) is 18.9 Å². The van der Waals surface area contributed by atoms with Gasteiger partial charge in [-0.15, -0.1) is 0 Å². The number of fused-ring (bicyclic) bond motifs is 2. The predicted octanol–water partition coefficient (Wildman–Crippen LogP) is -1.45. The van der Waals surface area contributed by atoms with Crippen molar-refractivity contribution in [3.05, 3.63) is 0 Å². The quantitative estimate of drug-likeness (QED) is 0.112. The van der Waals surface area contributed by atoms with Gasteiger partial charge in [-0.25, -0.2) is 0 Å². The average molecular weight is 947 g/mol. The van der Waals surface area contributed by atoms with Crippen LogP contribution in [0.15, 0.2) is 0 Å². The Morgan fingerprint density at radius 3 is 1.79 bits per heavy atom. The molecule has 2 spiro atoms. The first-order chi connectivity index (χ1) is 30.7. The largest absolute Gasteiger partial charge is 0.394 e. The summed E-state index contributed by atoms with van der Waals surface area (Å²) in [6, 6.07) is 0. The van der Waals surface area contributed by atoms with E-state index in [-0.39, 0.29) is 46.7 Å². The first-order valence-electron chi connectivity index (χ1n) is 24.4. The zero-order valence-electron chi connectivity index (χ0n) is 39.3. The Balaban J connectivity index is 1.04. The van der Waals surface area contributed by atoms with Gasteiger partial charge in [0.25, 0.3) is 0 Å². The van der Waals surface area contributed by atoms with Crippen LogP contribution in [0.4, 0.5) is 0 Å². The fraction of sp³-hybridized carbons (Fsp3) is 1.00. The van der Waals surface area contributed by atoms with Gasteiger partial charge in [0.1, 0.15) is 67.1 Å². The Morgan fingerprint density at radius 1 is 0.606 bits per heavy atom. The molecule has 4 aliphatic heterocycles. The van der Waals surface area contributed by atoms with Crippen molar-refractivity contribution in [2.24, 2.45) is 44.8 Å². The van der Waals surface area contributed by atoms with E-state index in [1.54, 1.807) is 13.8 Å². The minimum absolute atomic E-state index is 0.0208. The maximum atomic E-state index is 12.3. The van der Waals surface area contributed by atoms with Gasteiger partial charge in [-0.1, -0.05) is 27.7 Å². The fourth-order valence-corrected chi connectivity index (χ4v) is 16.3. The van der Waals surface area contributed by atoms with E-state index in [0.717, 1.165) is 19.3 Å². The highest BCUT2D eigenvalue weighted by Gasteiger charge is 2.85. The molecule has 19 nitrogen and oxygen atoms in total. The van der Waals surface area contributed by atoms with Gasteiger partial charge in [-0.3, -0.25) is 0 Å². The van der Waals surface area contributed by atoms with E-state index in [2.05, 4.69) is 34.6 Å². The molecule has 0 aromatic heterocycles. The van der Waals surface area contributed by atoms with Crippen molar-refractivity contribution in [1.29, 1.82) is 0 Å². The molecule has 0 radical (unpaired) electrons. The third-order valence-corrected chi connectivity index (χ3v) is 19.7. The molecule has 9 aliphatic rings. The van der Waals surface area contributed by atoms with Gasteiger partial charge < -0.3 is 94.4 Å². The van der Waals surface area contributed by atoms with E-state index >= 15 is 0 Å². The van der Waals surface area contributed by atoms with E-state index in [1.165, 1.54) is 0 Å². The summed E-state index contributed by atoms with van der Waals surface area (Å²) in [6.45, 7) is 12.7. The number of rotatable bonds is 10. The van der Waals surface area contributed by atoms with Crippen molar-refractivity contribution < 1.29 is 94.4 Å². The van der Waals surface area contributed by atoms with E-state index in [4.69, 9.17) is 33.2 Å². The van der Waals surface area contributed by atoms with Crippen molar-refractivity contribution in [2.75, 3.05) is 19.8 Å². The molecule has 19 heteroatoms. The summed E-state index contributed by atoms with van der Waals surface area (Å²) in [7, 11) is 0. The van der Waals surface area contributed by atoms with Crippen molar-refractivity contribution in [3.8, 4) is 0 Å². The van der Waals surface area contributed by atoms with Crippen LogP contribution in [0.2, 0.25) is 0 Å². The smallest absolute Gasteiger partial charge is 0.187 e. The zero-order chi connectivity index (χ0) is 48.1. The molecule has 66 heavy (non-hydrogen) atoms. The lowest BCUT2D eigenvalue weighted by Gasteiger charge is -2.65. The molecule has 4 saturated heterocycles. The van der Waals surface area contributed by atoms with Crippen LogP contribution in [0.1, 0.15) is 106 Å². The van der Waals surface area contributed by atoms with Gasteiger partial charge in [-0.2, -0.15) is 0 Å². The van der Waals surface area contributed by atoms with Gasteiger partial charge in [0, 0.05) is 5.92 Å². The predicted molar refractivity (Wildman–Crippen MR) is 226 cm³/mol. The van der Waals surface area contributed by atoms with Crippen molar-refractivity contribution in [2.45, 2.75) is 228 Å². The van der Waals surface area contributed by atoms with Crippen molar-refractivity contribution in [1.82, 2.24) is 0 Å². The molecule has 4 heterocycles. The molecular formula is C47H78O19. The SMILES string of the molecule is CC(C)(O)[C@@H]1CC[C@](C)([C@H]2[C@@H](O)C[C@@]3(C)C4C[C@H](O[C@@H]5O[C@H](CO)[C@@H](O)[C@H](O)[C@H]5O)C5C(C)(C)[C@@H](O[C@@H]6OC[C@@H](O)[C@H](O)[C@H]6O[C@@H]6O[C@H](CO)[C@@H](O)[C@H](O)[C@H]6O)CCC56CC46CC[C@]23C)O1. The minimum Gasteiger partial charge on any atom is -0.394 e. The minimum atomic E-state index is -1.80. The Morgan fingerprint density at radius 2 is 1.21 bits per heavy atom. The lowest BCUT2D eigenvalue weighted by atomic mass is 9.41. The molecule has 0 bridgehead atoms. The van der Waals surface area contributed by atoms with Crippen LogP contribution in [-0.2, 0) is 33.2 Å². The van der Waals surface area contributed by atoms with Crippen LogP contribution in [-0.4, -0.2) is 203 Å². The summed E-state index contributed by atoms with van der Waals surface area (Å²) in [5.74, 6) is -0.484. The maximum absolute atomic E-state index is 12.3. The molecule has 5 saturated carbocycles. The molecule has 380 valence electrons. The molecule has 9 rings (SSSR count). The highest BCUT2D eigenvalue weighted by atomic mass is 16.8. The Labute approximate surface area is 386 Å². The molecule has 0 amide bonds. The molecule has 4 unspecified atom stereocenters. The highest BCUT2D eigenvalue weighted by molar-refractivity contribution is 5.33. The zero-order valence-corrected chi connectivity index (χ0v) is 39.3. The standard InChI is InChI=1S/C47H78O19/c1-41(2)26(64-40-35(28(52)21(51)18-60-40)65-39-34(58)32(56)30(54)24(17-49)63-39)9-11-47-19-46(47)13-12-43(5)36(45(7)10-8-27(66-45)42(3,4)59)20(50)15-44(43,6)25(46)14-22(37(41)47)61-38-33(57)31(55)29(53)23(16-48)62-38/h20-40,48-59H,8-19H2,1-7H3/t20-,21+,22-,23+,24+,25?,26-,27-,28-,29+,30+,31-,32-,33+,34+,35+,36-,37?,38+,39-,40-,43+,44-,45+,46?,47?/m0/s1. The second kappa shape index (κ2) is 16.9. The van der Waals surface area contributed by atoms with Crippen molar-refractivity contribution in [3.63, 3.8) is 0 Å². The summed E-state index contributed by atoms with van der Waals surface area (Å²) in [6.07, 6.45) is -17.6.